The van der Waals surface area contributed by atoms with Crippen LogP contribution in [-0.4, -0.2) is 33.9 Å². The maximum atomic E-state index is 12.4. The smallest absolute Gasteiger partial charge is 0.388 e. The van der Waals surface area contributed by atoms with E-state index >= 15 is 0 Å². The van der Waals surface area contributed by atoms with Crippen LogP contribution < -0.4 is 5.32 Å². The molecule has 1 heterocycles. The van der Waals surface area contributed by atoms with Gasteiger partial charge in [0.05, 0.1) is 21.9 Å². The summed E-state index contributed by atoms with van der Waals surface area (Å²) in [7, 11) is 0. The van der Waals surface area contributed by atoms with Gasteiger partial charge in [-0.25, -0.2) is 4.98 Å². The first-order valence-electron chi connectivity index (χ1n) is 7.44. The van der Waals surface area contributed by atoms with Crippen molar-refractivity contribution in [1.82, 2.24) is 10.3 Å². The van der Waals surface area contributed by atoms with E-state index in [0.717, 1.165) is 43.3 Å². The Morgan fingerprint density at radius 1 is 1.30 bits per heavy atom. The summed E-state index contributed by atoms with van der Waals surface area (Å²) in [5, 5.41) is 13.3. The summed E-state index contributed by atoms with van der Waals surface area (Å²) in [4.78, 5) is 15.5. The number of aliphatic hydroxyl groups is 1. The number of nitrogens with one attached hydrogen (secondary N) is 1. The van der Waals surface area contributed by atoms with Crippen molar-refractivity contribution < 1.29 is 23.1 Å². The number of aromatic nitrogens is 1. The zero-order chi connectivity index (χ0) is 16.9. The Labute approximate surface area is 136 Å². The number of nitrogens with zero attached hydrogens (tertiary/aromatic N) is 1. The number of carbonyl (C=O) groups excluding carboxylic acids is 1. The number of halogens is 3. The van der Waals surface area contributed by atoms with E-state index in [2.05, 4.69) is 10.3 Å². The molecule has 2 rings (SSSR count). The number of alkyl halides is 3. The Bertz CT molecular complexity index is 529. The highest BCUT2D eigenvalue weighted by Gasteiger charge is 2.31. The fourth-order valence-electron chi connectivity index (χ4n) is 2.47. The van der Waals surface area contributed by atoms with Crippen LogP contribution in [0.25, 0.3) is 0 Å². The molecule has 1 saturated carbocycles. The maximum Gasteiger partial charge on any atom is 0.417 e. The average Bonchev–Trinajstić information content (AvgIpc) is 2.51. The van der Waals surface area contributed by atoms with E-state index in [-0.39, 0.29) is 18.2 Å². The first kappa shape index (κ1) is 18.1. The van der Waals surface area contributed by atoms with Gasteiger partial charge in [0.1, 0.15) is 0 Å². The molecule has 1 fully saturated rings. The van der Waals surface area contributed by atoms with E-state index in [1.54, 1.807) is 0 Å². The number of rotatable bonds is 5. The molecule has 128 valence electrons. The lowest BCUT2D eigenvalue weighted by Crippen LogP contribution is -2.44. The molecule has 1 aromatic rings. The number of carbonyl (C=O) groups is 1. The zero-order valence-corrected chi connectivity index (χ0v) is 13.3. The number of amides is 1. The molecule has 4 nitrogen and oxygen atoms in total. The van der Waals surface area contributed by atoms with Crippen LogP contribution in [0, 0.1) is 0 Å². The topological polar surface area (TPSA) is 62.2 Å². The van der Waals surface area contributed by atoms with Crippen LogP contribution in [0.2, 0.25) is 0 Å². The third-order valence-corrected chi connectivity index (χ3v) is 4.76. The standard InChI is InChI=1S/C15H19F3N2O2S/c16-15(17,18)11-4-5-13(19-8-11)23-9-12(21)20-10-14(22)6-2-1-3-7-14/h4-5,8,22H,1-3,6-7,9-10H2,(H,20,21). The predicted octanol–water partition coefficient (Wildman–Crippen LogP) is 3.00. The van der Waals surface area contributed by atoms with Crippen molar-refractivity contribution in [2.75, 3.05) is 12.3 Å². The van der Waals surface area contributed by atoms with Gasteiger partial charge < -0.3 is 10.4 Å². The molecule has 23 heavy (non-hydrogen) atoms. The van der Waals surface area contributed by atoms with Gasteiger partial charge in [0.15, 0.2) is 0 Å². The van der Waals surface area contributed by atoms with E-state index in [1.165, 1.54) is 6.07 Å². The normalized spacial score (nSPS) is 17.7. The third kappa shape index (κ3) is 5.69. The summed E-state index contributed by atoms with van der Waals surface area (Å²) in [5.74, 6) is -0.218. The van der Waals surface area contributed by atoms with Crippen molar-refractivity contribution >= 4 is 17.7 Å². The average molecular weight is 348 g/mol. The molecule has 8 heteroatoms. The molecule has 0 aliphatic heterocycles. The second kappa shape index (κ2) is 7.53. The van der Waals surface area contributed by atoms with E-state index in [9.17, 15) is 23.1 Å². The molecule has 1 aliphatic carbocycles. The molecular formula is C15H19F3N2O2S. The molecule has 0 aromatic carbocycles. The van der Waals surface area contributed by atoms with Crippen molar-refractivity contribution in [1.29, 1.82) is 0 Å². The van der Waals surface area contributed by atoms with Gasteiger partial charge in [0.25, 0.3) is 0 Å². The summed E-state index contributed by atoms with van der Waals surface area (Å²) >= 11 is 1.06. The number of pyridine rings is 1. The van der Waals surface area contributed by atoms with Crippen molar-refractivity contribution in [3.05, 3.63) is 23.9 Å². The van der Waals surface area contributed by atoms with Crippen molar-refractivity contribution in [2.45, 2.75) is 48.9 Å². The Morgan fingerprint density at radius 3 is 2.57 bits per heavy atom. The molecule has 0 saturated heterocycles. The zero-order valence-electron chi connectivity index (χ0n) is 12.5. The maximum absolute atomic E-state index is 12.4. The minimum atomic E-state index is -4.41. The van der Waals surface area contributed by atoms with Gasteiger partial charge in [0, 0.05) is 12.7 Å². The number of hydrogen-bond donors (Lipinski definition) is 2. The lowest BCUT2D eigenvalue weighted by Gasteiger charge is -2.32. The highest BCUT2D eigenvalue weighted by Crippen LogP contribution is 2.29. The van der Waals surface area contributed by atoms with E-state index in [4.69, 9.17) is 0 Å². The highest BCUT2D eigenvalue weighted by molar-refractivity contribution is 7.99. The predicted molar refractivity (Wildman–Crippen MR) is 81.0 cm³/mol. The molecule has 2 N–H and O–H groups in total. The summed E-state index contributed by atoms with van der Waals surface area (Å²) in [6, 6.07) is 2.19. The van der Waals surface area contributed by atoms with E-state index in [1.807, 2.05) is 0 Å². The summed E-state index contributed by atoms with van der Waals surface area (Å²) in [6.45, 7) is 0.215. The molecule has 0 spiro atoms. The van der Waals surface area contributed by atoms with Crippen LogP contribution in [0.5, 0.6) is 0 Å². The molecule has 0 atom stereocenters. The fraction of sp³-hybridized carbons (Fsp3) is 0.600. The lowest BCUT2D eigenvalue weighted by atomic mass is 9.85. The largest absolute Gasteiger partial charge is 0.417 e. The summed E-state index contributed by atoms with van der Waals surface area (Å²) in [6.07, 6.45) is 0.717. The Kier molecular flexibility index (Phi) is 5.91. The van der Waals surface area contributed by atoms with Gasteiger partial charge in [-0.3, -0.25) is 4.79 Å². The molecule has 1 aromatic heterocycles. The van der Waals surface area contributed by atoms with Crippen molar-refractivity contribution in [3.8, 4) is 0 Å². The first-order chi connectivity index (χ1) is 10.8. The van der Waals surface area contributed by atoms with Crippen molar-refractivity contribution in [2.24, 2.45) is 0 Å². The van der Waals surface area contributed by atoms with Gasteiger partial charge in [-0.2, -0.15) is 13.2 Å². The molecule has 1 amide bonds. The molecular weight excluding hydrogens is 329 g/mol. The van der Waals surface area contributed by atoms with E-state index < -0.39 is 17.3 Å². The van der Waals surface area contributed by atoms with E-state index in [0.29, 0.717) is 17.9 Å². The summed E-state index contributed by atoms with van der Waals surface area (Å²) in [5.41, 5.74) is -1.64. The van der Waals surface area contributed by atoms with Crippen LogP contribution in [0.4, 0.5) is 13.2 Å². The Hall–Kier alpha value is -1.28. The van der Waals surface area contributed by atoms with Gasteiger partial charge in [-0.05, 0) is 25.0 Å². The lowest BCUT2D eigenvalue weighted by molar-refractivity contribution is -0.137. The highest BCUT2D eigenvalue weighted by atomic mass is 32.2. The molecule has 0 radical (unpaired) electrons. The van der Waals surface area contributed by atoms with Gasteiger partial charge in [0.2, 0.25) is 5.91 Å². The molecule has 0 unspecified atom stereocenters. The Morgan fingerprint density at radius 2 is 2.00 bits per heavy atom. The van der Waals surface area contributed by atoms with Crippen molar-refractivity contribution in [3.63, 3.8) is 0 Å². The van der Waals surface area contributed by atoms with Crippen LogP contribution >= 0.6 is 11.8 Å². The van der Waals surface area contributed by atoms with Crippen LogP contribution in [0.1, 0.15) is 37.7 Å². The Balaban J connectivity index is 1.76. The van der Waals surface area contributed by atoms with Crippen LogP contribution in [0.15, 0.2) is 23.4 Å². The number of hydrogen-bond acceptors (Lipinski definition) is 4. The molecule has 0 bridgehead atoms. The van der Waals surface area contributed by atoms with Gasteiger partial charge in [-0.1, -0.05) is 31.0 Å². The summed E-state index contributed by atoms with van der Waals surface area (Å²) < 4.78 is 37.2. The molecule has 1 aliphatic rings. The minimum Gasteiger partial charge on any atom is -0.388 e. The first-order valence-corrected chi connectivity index (χ1v) is 8.42. The number of thioether (sulfide) groups is 1. The minimum absolute atomic E-state index is 0.0500. The van der Waals surface area contributed by atoms with Gasteiger partial charge in [-0.15, -0.1) is 0 Å². The fourth-order valence-corrected chi connectivity index (χ4v) is 3.15. The van der Waals surface area contributed by atoms with Gasteiger partial charge >= 0.3 is 6.18 Å². The second-order valence-corrected chi connectivity index (χ2v) is 6.73. The monoisotopic (exact) mass is 348 g/mol. The quantitative estimate of drug-likeness (QED) is 0.803. The van der Waals surface area contributed by atoms with Crippen LogP contribution in [-0.2, 0) is 11.0 Å². The van der Waals surface area contributed by atoms with Crippen LogP contribution in [0.3, 0.4) is 0 Å². The SMILES string of the molecule is O=C(CSc1ccc(C(F)(F)F)cn1)NCC1(O)CCCCC1. The third-order valence-electron chi connectivity index (χ3n) is 3.81. The second-order valence-electron chi connectivity index (χ2n) is 5.73.